The largest absolute Gasteiger partial charge is 0.393 e. The molecule has 1 saturated heterocycles. The first-order valence-corrected chi connectivity index (χ1v) is 9.34. The van der Waals surface area contributed by atoms with Crippen molar-refractivity contribution in [2.45, 2.75) is 88.9 Å². The summed E-state index contributed by atoms with van der Waals surface area (Å²) in [6, 6.07) is 0.526. The van der Waals surface area contributed by atoms with Crippen LogP contribution < -0.4 is 0 Å². The van der Waals surface area contributed by atoms with Crippen molar-refractivity contribution in [3.8, 4) is 0 Å². The van der Waals surface area contributed by atoms with Crippen molar-refractivity contribution in [1.29, 1.82) is 0 Å². The first-order chi connectivity index (χ1) is 10.2. The Morgan fingerprint density at radius 1 is 0.905 bits per heavy atom. The first-order valence-electron chi connectivity index (χ1n) is 9.34. The van der Waals surface area contributed by atoms with Crippen molar-refractivity contribution in [3.63, 3.8) is 0 Å². The Bertz CT molecular complexity index is 316. The average Bonchev–Trinajstić information content (AvgIpc) is 3.11. The summed E-state index contributed by atoms with van der Waals surface area (Å²) in [7, 11) is 0. The van der Waals surface area contributed by atoms with Gasteiger partial charge in [-0.1, -0.05) is 38.5 Å². The zero-order chi connectivity index (χ0) is 14.7. The van der Waals surface area contributed by atoms with Crippen LogP contribution in [0.25, 0.3) is 0 Å². The van der Waals surface area contributed by atoms with E-state index in [9.17, 15) is 10.2 Å². The van der Waals surface area contributed by atoms with Crippen molar-refractivity contribution in [1.82, 2.24) is 4.90 Å². The normalized spacial score (nSPS) is 37.1. The summed E-state index contributed by atoms with van der Waals surface area (Å²) >= 11 is 0. The Hall–Kier alpha value is -0.120. The fourth-order valence-electron chi connectivity index (χ4n) is 5.13. The van der Waals surface area contributed by atoms with E-state index in [0.717, 1.165) is 31.8 Å². The number of hydrogen-bond acceptors (Lipinski definition) is 3. The Morgan fingerprint density at radius 2 is 1.62 bits per heavy atom. The van der Waals surface area contributed by atoms with Crippen LogP contribution in [0.4, 0.5) is 0 Å². The summed E-state index contributed by atoms with van der Waals surface area (Å²) in [6.07, 6.45) is 13.2. The number of aliphatic hydroxyl groups is 2. The van der Waals surface area contributed by atoms with Gasteiger partial charge in [-0.2, -0.15) is 0 Å². The molecule has 0 aromatic heterocycles. The first kappa shape index (κ1) is 15.8. The SMILES string of the molecule is OC(CC1CCCC1)CN1CCCC1C1CCCCC1O. The van der Waals surface area contributed by atoms with Gasteiger partial charge in [0.1, 0.15) is 0 Å². The molecule has 2 N–H and O–H groups in total. The molecule has 0 amide bonds. The van der Waals surface area contributed by atoms with Gasteiger partial charge in [-0.15, -0.1) is 0 Å². The molecule has 4 atom stereocenters. The number of rotatable bonds is 5. The van der Waals surface area contributed by atoms with E-state index in [0.29, 0.717) is 12.0 Å². The number of hydrogen-bond donors (Lipinski definition) is 2. The molecule has 3 rings (SSSR count). The molecule has 4 unspecified atom stereocenters. The van der Waals surface area contributed by atoms with Crippen LogP contribution in [0.1, 0.15) is 70.6 Å². The van der Waals surface area contributed by atoms with Gasteiger partial charge in [-0.25, -0.2) is 0 Å². The molecular weight excluding hydrogens is 262 g/mol. The van der Waals surface area contributed by atoms with Gasteiger partial charge in [0.2, 0.25) is 0 Å². The molecule has 0 spiro atoms. The van der Waals surface area contributed by atoms with E-state index in [1.54, 1.807) is 0 Å². The quantitative estimate of drug-likeness (QED) is 0.819. The molecule has 3 nitrogen and oxygen atoms in total. The number of likely N-dealkylation sites (tertiary alicyclic amines) is 1. The van der Waals surface area contributed by atoms with Crippen molar-refractivity contribution < 1.29 is 10.2 Å². The van der Waals surface area contributed by atoms with Crippen LogP contribution in [0.3, 0.4) is 0 Å². The lowest BCUT2D eigenvalue weighted by molar-refractivity contribution is 0.00627. The minimum atomic E-state index is -0.158. The third kappa shape index (κ3) is 4.00. The van der Waals surface area contributed by atoms with Gasteiger partial charge in [-0.3, -0.25) is 4.90 Å². The van der Waals surface area contributed by atoms with E-state index in [1.807, 2.05) is 0 Å². The summed E-state index contributed by atoms with van der Waals surface area (Å²) in [5, 5.41) is 20.8. The topological polar surface area (TPSA) is 43.7 Å². The van der Waals surface area contributed by atoms with Crippen LogP contribution >= 0.6 is 0 Å². The second-order valence-corrected chi connectivity index (χ2v) is 7.76. The molecule has 0 aromatic carbocycles. The average molecular weight is 295 g/mol. The predicted octanol–water partition coefficient (Wildman–Crippen LogP) is 2.94. The van der Waals surface area contributed by atoms with E-state index in [4.69, 9.17) is 0 Å². The number of β-amino-alcohol motifs (C(OH)–C–C–N with tert-alkyl or cyclic N) is 1. The summed E-state index contributed by atoms with van der Waals surface area (Å²) in [4.78, 5) is 2.50. The van der Waals surface area contributed by atoms with Crippen LogP contribution in [0.2, 0.25) is 0 Å². The van der Waals surface area contributed by atoms with Crippen LogP contribution in [0.15, 0.2) is 0 Å². The summed E-state index contributed by atoms with van der Waals surface area (Å²) < 4.78 is 0. The molecule has 1 aliphatic heterocycles. The van der Waals surface area contributed by atoms with E-state index in [2.05, 4.69) is 4.90 Å². The molecule has 122 valence electrons. The van der Waals surface area contributed by atoms with Gasteiger partial charge in [0.15, 0.2) is 0 Å². The molecule has 3 aliphatic rings. The lowest BCUT2D eigenvalue weighted by Crippen LogP contribution is -2.45. The third-order valence-corrected chi connectivity index (χ3v) is 6.22. The van der Waals surface area contributed by atoms with Gasteiger partial charge < -0.3 is 10.2 Å². The Balaban J connectivity index is 1.51. The Kier molecular flexibility index (Phi) is 5.58. The van der Waals surface area contributed by atoms with Crippen LogP contribution in [-0.2, 0) is 0 Å². The van der Waals surface area contributed by atoms with Gasteiger partial charge in [0.05, 0.1) is 12.2 Å². The molecule has 2 saturated carbocycles. The highest BCUT2D eigenvalue weighted by atomic mass is 16.3. The lowest BCUT2D eigenvalue weighted by atomic mass is 9.80. The third-order valence-electron chi connectivity index (χ3n) is 6.22. The molecule has 0 radical (unpaired) electrons. The van der Waals surface area contributed by atoms with Gasteiger partial charge in [0, 0.05) is 18.5 Å². The van der Waals surface area contributed by atoms with Crippen molar-refractivity contribution in [2.24, 2.45) is 11.8 Å². The van der Waals surface area contributed by atoms with E-state index in [1.165, 1.54) is 57.8 Å². The molecule has 0 aromatic rings. The van der Waals surface area contributed by atoms with E-state index < -0.39 is 0 Å². The van der Waals surface area contributed by atoms with E-state index >= 15 is 0 Å². The fourth-order valence-corrected chi connectivity index (χ4v) is 5.13. The molecule has 3 heteroatoms. The number of aliphatic hydroxyl groups excluding tert-OH is 2. The summed E-state index contributed by atoms with van der Waals surface area (Å²) in [5.41, 5.74) is 0. The summed E-state index contributed by atoms with van der Waals surface area (Å²) in [5.74, 6) is 1.22. The maximum Gasteiger partial charge on any atom is 0.0669 e. The van der Waals surface area contributed by atoms with Gasteiger partial charge in [0.25, 0.3) is 0 Å². The Labute approximate surface area is 129 Å². The van der Waals surface area contributed by atoms with Crippen molar-refractivity contribution in [3.05, 3.63) is 0 Å². The molecular formula is C18H33NO2. The highest BCUT2D eigenvalue weighted by molar-refractivity contribution is 4.91. The van der Waals surface area contributed by atoms with Gasteiger partial charge >= 0.3 is 0 Å². The van der Waals surface area contributed by atoms with Crippen molar-refractivity contribution in [2.75, 3.05) is 13.1 Å². The van der Waals surface area contributed by atoms with Crippen molar-refractivity contribution >= 4 is 0 Å². The molecule has 0 bridgehead atoms. The molecule has 3 fully saturated rings. The van der Waals surface area contributed by atoms with Crippen LogP contribution in [0, 0.1) is 11.8 Å². The maximum absolute atomic E-state index is 10.4. The predicted molar refractivity (Wildman–Crippen MR) is 85.1 cm³/mol. The number of nitrogens with zero attached hydrogens (tertiary/aromatic N) is 1. The standard InChI is InChI=1S/C18H33NO2/c20-15(12-14-6-1-2-7-14)13-19-11-5-9-17(19)16-8-3-4-10-18(16)21/h14-18,20-21H,1-13H2. The zero-order valence-corrected chi connectivity index (χ0v) is 13.4. The highest BCUT2D eigenvalue weighted by Gasteiger charge is 2.37. The second kappa shape index (κ2) is 7.43. The minimum absolute atomic E-state index is 0.101. The molecule has 2 aliphatic carbocycles. The molecule has 1 heterocycles. The van der Waals surface area contributed by atoms with Crippen LogP contribution in [0.5, 0.6) is 0 Å². The van der Waals surface area contributed by atoms with Gasteiger partial charge in [-0.05, 0) is 44.6 Å². The minimum Gasteiger partial charge on any atom is -0.393 e. The monoisotopic (exact) mass is 295 g/mol. The zero-order valence-electron chi connectivity index (χ0n) is 13.4. The molecule has 21 heavy (non-hydrogen) atoms. The highest BCUT2D eigenvalue weighted by Crippen LogP contribution is 2.35. The van der Waals surface area contributed by atoms with E-state index in [-0.39, 0.29) is 12.2 Å². The summed E-state index contributed by atoms with van der Waals surface area (Å²) in [6.45, 7) is 1.96. The maximum atomic E-state index is 10.4. The second-order valence-electron chi connectivity index (χ2n) is 7.76. The fraction of sp³-hybridized carbons (Fsp3) is 1.00. The smallest absolute Gasteiger partial charge is 0.0669 e. The Morgan fingerprint density at radius 3 is 2.38 bits per heavy atom. The van der Waals surface area contributed by atoms with Crippen LogP contribution in [-0.4, -0.2) is 46.5 Å². The lowest BCUT2D eigenvalue weighted by Gasteiger charge is -2.38.